The molecule has 0 spiro atoms. The van der Waals surface area contributed by atoms with E-state index < -0.39 is 66.8 Å². The molecule has 13 heteroatoms. The first kappa shape index (κ1) is 26.3. The molecule has 2 rings (SSSR count). The van der Waals surface area contributed by atoms with E-state index in [-0.39, 0.29) is 6.42 Å². The number of aliphatic hydroxyl groups is 1. The van der Waals surface area contributed by atoms with Crippen LogP contribution in [0.5, 0.6) is 0 Å². The van der Waals surface area contributed by atoms with Crippen LogP contribution in [-0.4, -0.2) is 75.6 Å². The highest BCUT2D eigenvalue weighted by Gasteiger charge is 2.29. The van der Waals surface area contributed by atoms with Crippen molar-refractivity contribution in [1.82, 2.24) is 20.9 Å². The number of benzene rings is 1. The van der Waals surface area contributed by atoms with E-state index in [1.165, 1.54) is 6.92 Å². The van der Waals surface area contributed by atoms with Gasteiger partial charge in [-0.25, -0.2) is 4.79 Å². The zero-order valence-corrected chi connectivity index (χ0v) is 18.4. The van der Waals surface area contributed by atoms with Crippen LogP contribution in [0.3, 0.4) is 0 Å². The van der Waals surface area contributed by atoms with Crippen molar-refractivity contribution in [2.75, 3.05) is 6.61 Å². The van der Waals surface area contributed by atoms with Gasteiger partial charge >= 0.3 is 5.97 Å². The van der Waals surface area contributed by atoms with Crippen LogP contribution < -0.4 is 27.4 Å². The van der Waals surface area contributed by atoms with Crippen molar-refractivity contribution in [3.05, 3.63) is 36.0 Å². The molecule has 2 aromatic rings. The summed E-state index contributed by atoms with van der Waals surface area (Å²) in [5.74, 6) is -4.62. The van der Waals surface area contributed by atoms with E-state index >= 15 is 0 Å². The van der Waals surface area contributed by atoms with Gasteiger partial charge in [0.1, 0.15) is 18.1 Å². The van der Waals surface area contributed by atoms with Gasteiger partial charge in [-0.05, 0) is 18.6 Å². The van der Waals surface area contributed by atoms with E-state index in [0.717, 1.165) is 10.9 Å². The number of H-pyrrole nitrogens is 1. The number of carbonyl (C=O) groups excluding carboxylic acids is 4. The molecule has 34 heavy (non-hydrogen) atoms. The summed E-state index contributed by atoms with van der Waals surface area (Å²) in [4.78, 5) is 62.8. The van der Waals surface area contributed by atoms with Crippen molar-refractivity contribution in [1.29, 1.82) is 0 Å². The molecule has 0 aliphatic carbocycles. The topological polar surface area (TPSA) is 230 Å². The van der Waals surface area contributed by atoms with Crippen molar-refractivity contribution >= 4 is 40.5 Å². The molecule has 1 heterocycles. The number of hydrogen-bond acceptors (Lipinski definition) is 7. The smallest absolute Gasteiger partial charge is 0.328 e. The van der Waals surface area contributed by atoms with E-state index in [1.54, 1.807) is 12.3 Å². The Labute approximate surface area is 194 Å². The van der Waals surface area contributed by atoms with Crippen LogP contribution in [0.2, 0.25) is 0 Å². The van der Waals surface area contributed by atoms with Crippen LogP contribution in [0.4, 0.5) is 0 Å². The highest BCUT2D eigenvalue weighted by molar-refractivity contribution is 5.95. The third-order valence-electron chi connectivity index (χ3n) is 5.04. The Bertz CT molecular complexity index is 1070. The first-order chi connectivity index (χ1) is 16.0. The van der Waals surface area contributed by atoms with Crippen molar-refractivity contribution in [2.24, 2.45) is 11.5 Å². The minimum absolute atomic E-state index is 0.0127. The lowest BCUT2D eigenvalue weighted by Gasteiger charge is -2.23. The molecular formula is C21H28N6O7. The third-order valence-corrected chi connectivity index (χ3v) is 5.04. The number of aliphatic hydroxyl groups excluding tert-OH is 1. The number of aromatic nitrogens is 1. The van der Waals surface area contributed by atoms with E-state index in [0.29, 0.717) is 5.56 Å². The maximum Gasteiger partial charge on any atom is 0.328 e. The predicted molar refractivity (Wildman–Crippen MR) is 120 cm³/mol. The summed E-state index contributed by atoms with van der Waals surface area (Å²) >= 11 is 0. The first-order valence-corrected chi connectivity index (χ1v) is 10.4. The molecule has 4 amide bonds. The fraction of sp³-hybridized carbons (Fsp3) is 0.381. The molecule has 0 radical (unpaired) electrons. The average molecular weight is 476 g/mol. The Hall–Kier alpha value is -3.97. The second kappa shape index (κ2) is 11.8. The molecule has 0 aliphatic rings. The Morgan fingerprint density at radius 1 is 1.00 bits per heavy atom. The van der Waals surface area contributed by atoms with Crippen LogP contribution >= 0.6 is 0 Å². The van der Waals surface area contributed by atoms with Crippen LogP contribution in [0.15, 0.2) is 30.5 Å². The number of fused-ring (bicyclic) bond motifs is 1. The van der Waals surface area contributed by atoms with Gasteiger partial charge in [-0.3, -0.25) is 19.2 Å². The molecule has 184 valence electrons. The monoisotopic (exact) mass is 476 g/mol. The maximum atomic E-state index is 12.8. The quantitative estimate of drug-likeness (QED) is 0.162. The molecule has 0 saturated heterocycles. The van der Waals surface area contributed by atoms with Gasteiger partial charge in [-0.15, -0.1) is 0 Å². The number of carbonyl (C=O) groups is 5. The second-order valence-corrected chi connectivity index (χ2v) is 7.71. The van der Waals surface area contributed by atoms with Crippen molar-refractivity contribution in [3.63, 3.8) is 0 Å². The average Bonchev–Trinajstić information content (AvgIpc) is 3.18. The lowest BCUT2D eigenvalue weighted by atomic mass is 10.0. The molecule has 0 bridgehead atoms. The number of carboxylic acid groups (broad SMARTS) is 1. The van der Waals surface area contributed by atoms with Gasteiger partial charge in [0, 0.05) is 23.5 Å². The van der Waals surface area contributed by atoms with Crippen molar-refractivity contribution in [3.8, 4) is 0 Å². The molecule has 4 unspecified atom stereocenters. The number of nitrogens with two attached hydrogens (primary N) is 2. The lowest BCUT2D eigenvalue weighted by Crippen LogP contribution is -2.57. The number of carboxylic acids is 1. The minimum Gasteiger partial charge on any atom is -0.480 e. The molecule has 1 aromatic heterocycles. The fourth-order valence-corrected chi connectivity index (χ4v) is 3.18. The summed E-state index contributed by atoms with van der Waals surface area (Å²) in [5.41, 5.74) is 12.0. The number of aromatic amines is 1. The van der Waals surface area contributed by atoms with E-state index in [2.05, 4.69) is 20.9 Å². The van der Waals surface area contributed by atoms with E-state index in [4.69, 9.17) is 16.6 Å². The Balaban J connectivity index is 2.18. The van der Waals surface area contributed by atoms with Gasteiger partial charge in [-0.1, -0.05) is 18.2 Å². The number of aliphatic carboxylic acids is 1. The van der Waals surface area contributed by atoms with Gasteiger partial charge in [0.2, 0.25) is 23.6 Å². The van der Waals surface area contributed by atoms with Crippen molar-refractivity contribution < 1.29 is 34.2 Å². The predicted octanol–water partition coefficient (Wildman–Crippen LogP) is -2.54. The summed E-state index contributed by atoms with van der Waals surface area (Å²) in [6.07, 6.45) is 1.23. The number of nitrogens with one attached hydrogen (secondary N) is 4. The highest BCUT2D eigenvalue weighted by atomic mass is 16.4. The van der Waals surface area contributed by atoms with Crippen LogP contribution in [-0.2, 0) is 30.4 Å². The van der Waals surface area contributed by atoms with Gasteiger partial charge in [-0.2, -0.15) is 0 Å². The summed E-state index contributed by atoms with van der Waals surface area (Å²) in [7, 11) is 0. The Morgan fingerprint density at radius 2 is 1.65 bits per heavy atom. The zero-order chi connectivity index (χ0) is 25.4. The van der Waals surface area contributed by atoms with E-state index in [1.807, 2.05) is 18.2 Å². The molecule has 0 fully saturated rings. The SMILES string of the molecule is CC(NC(=O)C(N)CC(N)=O)C(=O)NC(Cc1c[nH]c2ccccc12)C(=O)NC(CO)C(=O)O. The first-order valence-electron chi connectivity index (χ1n) is 10.4. The van der Waals surface area contributed by atoms with E-state index in [9.17, 15) is 29.1 Å². The van der Waals surface area contributed by atoms with Gasteiger partial charge in [0.25, 0.3) is 0 Å². The summed E-state index contributed by atoms with van der Waals surface area (Å²) in [6, 6.07) is 2.06. The molecule has 13 nitrogen and oxygen atoms in total. The van der Waals surface area contributed by atoms with Crippen molar-refractivity contribution in [2.45, 2.75) is 43.9 Å². The summed E-state index contributed by atoms with van der Waals surface area (Å²) in [6.45, 7) is 0.498. The number of hydrogen-bond donors (Lipinski definition) is 8. The fourth-order valence-electron chi connectivity index (χ4n) is 3.18. The second-order valence-electron chi connectivity index (χ2n) is 7.71. The standard InChI is InChI=1S/C21H28N6O7/c1-10(25-19(31)13(22)7-17(23)29)18(30)26-15(20(32)27-16(9-28)21(33)34)6-11-8-24-14-5-3-2-4-12(11)14/h2-5,8,10,13,15-16,24,28H,6-7,9,22H2,1H3,(H2,23,29)(H,25,31)(H,26,30)(H,27,32)(H,33,34). The summed E-state index contributed by atoms with van der Waals surface area (Å²) < 4.78 is 0. The van der Waals surface area contributed by atoms with Crippen LogP contribution in [0.25, 0.3) is 10.9 Å². The van der Waals surface area contributed by atoms with Gasteiger partial charge in [0.15, 0.2) is 0 Å². The molecule has 10 N–H and O–H groups in total. The largest absolute Gasteiger partial charge is 0.480 e. The van der Waals surface area contributed by atoms with Crippen LogP contribution in [0.1, 0.15) is 18.9 Å². The maximum absolute atomic E-state index is 12.8. The zero-order valence-electron chi connectivity index (χ0n) is 18.4. The normalized spacial score (nSPS) is 14.4. The van der Waals surface area contributed by atoms with Gasteiger partial charge in [0.05, 0.1) is 19.1 Å². The third kappa shape index (κ3) is 7.02. The molecule has 0 aliphatic heterocycles. The van der Waals surface area contributed by atoms with Gasteiger partial charge < -0.3 is 42.6 Å². The molecule has 0 saturated carbocycles. The van der Waals surface area contributed by atoms with Crippen LogP contribution in [0, 0.1) is 0 Å². The molecule has 1 aromatic carbocycles. The Kier molecular flexibility index (Phi) is 9.10. The Morgan fingerprint density at radius 3 is 2.26 bits per heavy atom. The number of primary amides is 1. The number of amides is 4. The number of para-hydroxylation sites is 1. The number of rotatable bonds is 12. The molecule has 4 atom stereocenters. The lowest BCUT2D eigenvalue weighted by molar-refractivity contribution is -0.143. The highest BCUT2D eigenvalue weighted by Crippen LogP contribution is 2.19. The molecular weight excluding hydrogens is 448 g/mol. The minimum atomic E-state index is -1.57. The summed E-state index contributed by atoms with van der Waals surface area (Å²) in [5, 5.41) is 26.1.